The molecule has 1 fully saturated rings. The molecule has 0 aliphatic carbocycles. The summed E-state index contributed by atoms with van der Waals surface area (Å²) in [6.45, 7) is 4.12. The van der Waals surface area contributed by atoms with Crippen molar-refractivity contribution in [2.45, 2.75) is 57.7 Å². The van der Waals surface area contributed by atoms with Gasteiger partial charge < -0.3 is 9.84 Å². The van der Waals surface area contributed by atoms with Crippen LogP contribution in [-0.4, -0.2) is 43.0 Å². The number of carbonyl (C=O) groups excluding carboxylic acids is 1. The zero-order valence-corrected chi connectivity index (χ0v) is 17.5. The Labute approximate surface area is 179 Å². The quantitative estimate of drug-likeness (QED) is 0.608. The van der Waals surface area contributed by atoms with Gasteiger partial charge in [0.1, 0.15) is 11.9 Å². The van der Waals surface area contributed by atoms with Crippen molar-refractivity contribution in [1.82, 2.24) is 19.7 Å². The molecule has 1 aliphatic rings. The van der Waals surface area contributed by atoms with Crippen molar-refractivity contribution in [3.05, 3.63) is 59.9 Å². The minimum atomic E-state index is -0.672. The van der Waals surface area contributed by atoms with E-state index in [2.05, 4.69) is 23.8 Å². The highest BCUT2D eigenvalue weighted by Gasteiger charge is 2.29. The molecule has 3 heterocycles. The number of halogens is 1. The van der Waals surface area contributed by atoms with E-state index in [9.17, 15) is 14.3 Å². The topological polar surface area (TPSA) is 90.1 Å². The SMILES string of the molecule is CC(C)c1nn(-c2cnccn2)c(-c2ccc(F)cc2)c1CC[C@H]1C[C@H](O)CC(=O)O1. The summed E-state index contributed by atoms with van der Waals surface area (Å²) in [5.41, 5.74) is 3.50. The van der Waals surface area contributed by atoms with Gasteiger partial charge in [-0.05, 0) is 43.0 Å². The van der Waals surface area contributed by atoms with E-state index in [0.717, 1.165) is 22.5 Å². The molecule has 4 rings (SSSR count). The lowest BCUT2D eigenvalue weighted by atomic mass is 9.93. The minimum absolute atomic E-state index is 0.0409. The minimum Gasteiger partial charge on any atom is -0.462 e. The Morgan fingerprint density at radius 3 is 2.68 bits per heavy atom. The lowest BCUT2D eigenvalue weighted by Gasteiger charge is -2.26. The van der Waals surface area contributed by atoms with Gasteiger partial charge in [-0.15, -0.1) is 0 Å². The lowest BCUT2D eigenvalue weighted by Crippen LogP contribution is -2.32. The van der Waals surface area contributed by atoms with Crippen LogP contribution in [0.25, 0.3) is 17.1 Å². The van der Waals surface area contributed by atoms with Crippen LogP contribution in [-0.2, 0) is 16.0 Å². The molecule has 1 aromatic carbocycles. The Morgan fingerprint density at radius 2 is 2.03 bits per heavy atom. The number of nitrogens with zero attached hydrogens (tertiary/aromatic N) is 4. The fourth-order valence-electron chi connectivity index (χ4n) is 3.99. The molecule has 2 atom stereocenters. The molecular formula is C23H25FN4O3. The van der Waals surface area contributed by atoms with Crippen LogP contribution in [0.3, 0.4) is 0 Å². The predicted octanol–water partition coefficient (Wildman–Crippen LogP) is 3.59. The molecule has 0 radical (unpaired) electrons. The number of aliphatic hydroxyl groups is 1. The number of aliphatic hydroxyl groups excluding tert-OH is 1. The Morgan fingerprint density at radius 1 is 1.26 bits per heavy atom. The number of hydrogen-bond donors (Lipinski definition) is 1. The number of hydrogen-bond acceptors (Lipinski definition) is 6. The molecular weight excluding hydrogens is 399 g/mol. The molecule has 31 heavy (non-hydrogen) atoms. The highest BCUT2D eigenvalue weighted by molar-refractivity contribution is 5.71. The van der Waals surface area contributed by atoms with Crippen molar-refractivity contribution in [2.75, 3.05) is 0 Å². The third-order valence-corrected chi connectivity index (χ3v) is 5.40. The summed E-state index contributed by atoms with van der Waals surface area (Å²) in [6.07, 6.45) is 5.42. The number of rotatable bonds is 6. The molecule has 1 saturated heterocycles. The summed E-state index contributed by atoms with van der Waals surface area (Å²) in [5, 5.41) is 14.8. The first-order chi connectivity index (χ1) is 14.9. The molecule has 2 aromatic heterocycles. The van der Waals surface area contributed by atoms with E-state index in [1.165, 1.54) is 12.1 Å². The van der Waals surface area contributed by atoms with Crippen molar-refractivity contribution in [3.8, 4) is 17.1 Å². The largest absolute Gasteiger partial charge is 0.462 e. The van der Waals surface area contributed by atoms with Crippen LogP contribution in [0.4, 0.5) is 4.39 Å². The molecule has 7 nitrogen and oxygen atoms in total. The van der Waals surface area contributed by atoms with Gasteiger partial charge in [-0.25, -0.2) is 14.1 Å². The van der Waals surface area contributed by atoms with Crippen LogP contribution < -0.4 is 0 Å². The van der Waals surface area contributed by atoms with E-state index >= 15 is 0 Å². The molecule has 1 aliphatic heterocycles. The van der Waals surface area contributed by atoms with Crippen LogP contribution in [0.5, 0.6) is 0 Å². The summed E-state index contributed by atoms with van der Waals surface area (Å²) in [5.74, 6) is 0.00557. The molecule has 0 saturated carbocycles. The summed E-state index contributed by atoms with van der Waals surface area (Å²) >= 11 is 0. The molecule has 8 heteroatoms. The van der Waals surface area contributed by atoms with Crippen LogP contribution >= 0.6 is 0 Å². The Kier molecular flexibility index (Phi) is 6.08. The van der Waals surface area contributed by atoms with Gasteiger partial charge in [-0.3, -0.25) is 9.78 Å². The molecule has 0 spiro atoms. The monoisotopic (exact) mass is 424 g/mol. The second-order valence-electron chi connectivity index (χ2n) is 8.09. The average molecular weight is 424 g/mol. The fraction of sp³-hybridized carbons (Fsp3) is 0.391. The molecule has 1 N–H and O–H groups in total. The number of benzene rings is 1. The van der Waals surface area contributed by atoms with E-state index in [-0.39, 0.29) is 30.2 Å². The second-order valence-corrected chi connectivity index (χ2v) is 8.09. The summed E-state index contributed by atoms with van der Waals surface area (Å²) in [4.78, 5) is 20.3. The highest BCUT2D eigenvalue weighted by atomic mass is 19.1. The van der Waals surface area contributed by atoms with Gasteiger partial charge in [0, 0.05) is 29.9 Å². The Bertz CT molecular complexity index is 1050. The van der Waals surface area contributed by atoms with Gasteiger partial charge in [0.25, 0.3) is 0 Å². The number of aromatic nitrogens is 4. The molecule has 3 aromatic rings. The van der Waals surface area contributed by atoms with Crippen LogP contribution in [0.2, 0.25) is 0 Å². The van der Waals surface area contributed by atoms with E-state index in [4.69, 9.17) is 9.84 Å². The maximum absolute atomic E-state index is 13.6. The third-order valence-electron chi connectivity index (χ3n) is 5.40. The van der Waals surface area contributed by atoms with E-state index < -0.39 is 6.10 Å². The number of ether oxygens (including phenoxy) is 1. The van der Waals surface area contributed by atoms with Crippen molar-refractivity contribution in [3.63, 3.8) is 0 Å². The first-order valence-corrected chi connectivity index (χ1v) is 10.4. The second kappa shape index (κ2) is 8.93. The number of carbonyl (C=O) groups is 1. The van der Waals surface area contributed by atoms with E-state index in [1.807, 2.05) is 0 Å². The van der Waals surface area contributed by atoms with E-state index in [0.29, 0.717) is 25.1 Å². The summed E-state index contributed by atoms with van der Waals surface area (Å²) in [6, 6.07) is 6.28. The molecule has 0 amide bonds. The van der Waals surface area contributed by atoms with Gasteiger partial charge in [0.05, 0.1) is 30.1 Å². The maximum atomic E-state index is 13.6. The van der Waals surface area contributed by atoms with Gasteiger partial charge in [0.2, 0.25) is 0 Å². The summed E-state index contributed by atoms with van der Waals surface area (Å²) < 4.78 is 20.8. The van der Waals surface area contributed by atoms with Gasteiger partial charge >= 0.3 is 5.97 Å². The first-order valence-electron chi connectivity index (χ1n) is 10.4. The van der Waals surface area contributed by atoms with Crippen LogP contribution in [0, 0.1) is 5.82 Å². The van der Waals surface area contributed by atoms with Crippen LogP contribution in [0.15, 0.2) is 42.9 Å². The fourth-order valence-corrected chi connectivity index (χ4v) is 3.99. The molecule has 0 bridgehead atoms. The number of cyclic esters (lactones) is 1. The normalized spacial score (nSPS) is 18.9. The predicted molar refractivity (Wildman–Crippen MR) is 112 cm³/mol. The standard InChI is InChI=1S/C23H25FN4O3/c1-14(2)22-19(8-7-18-11-17(29)12-21(30)31-18)23(15-3-5-16(24)6-4-15)28(27-22)20-13-25-9-10-26-20/h3-6,9-10,13-14,17-18,29H,7-8,11-12H2,1-2H3/t17-,18-/m0/s1. The van der Waals surface area contributed by atoms with Crippen LogP contribution in [0.1, 0.15) is 50.3 Å². The smallest absolute Gasteiger partial charge is 0.308 e. The van der Waals surface area contributed by atoms with Gasteiger partial charge in [-0.2, -0.15) is 5.10 Å². The summed E-state index contributed by atoms with van der Waals surface area (Å²) in [7, 11) is 0. The number of esters is 1. The molecule has 0 unspecified atom stereocenters. The van der Waals surface area contributed by atoms with Crippen molar-refractivity contribution >= 4 is 5.97 Å². The van der Waals surface area contributed by atoms with Gasteiger partial charge in [-0.1, -0.05) is 13.8 Å². The van der Waals surface area contributed by atoms with Gasteiger partial charge in [0.15, 0.2) is 5.82 Å². The zero-order valence-electron chi connectivity index (χ0n) is 17.5. The highest BCUT2D eigenvalue weighted by Crippen LogP contribution is 2.34. The van der Waals surface area contributed by atoms with Crippen molar-refractivity contribution < 1.29 is 19.0 Å². The Hall–Kier alpha value is -3.13. The average Bonchev–Trinajstić information content (AvgIpc) is 3.12. The van der Waals surface area contributed by atoms with E-state index in [1.54, 1.807) is 35.4 Å². The zero-order chi connectivity index (χ0) is 22.0. The maximum Gasteiger partial charge on any atom is 0.308 e. The van der Waals surface area contributed by atoms with Crippen molar-refractivity contribution in [1.29, 1.82) is 0 Å². The molecule has 162 valence electrons. The van der Waals surface area contributed by atoms with Crippen molar-refractivity contribution in [2.24, 2.45) is 0 Å². The first kappa shape index (κ1) is 21.1. The lowest BCUT2D eigenvalue weighted by molar-refractivity contribution is -0.160. The third kappa shape index (κ3) is 4.64. The Balaban J connectivity index is 1.77.